The molecule has 2 aliphatic rings. The van der Waals surface area contributed by atoms with Crippen LogP contribution in [0.15, 0.2) is 42.5 Å². The van der Waals surface area contributed by atoms with Crippen LogP contribution in [0, 0.1) is 5.82 Å². The predicted molar refractivity (Wildman–Crippen MR) is 124 cm³/mol. The van der Waals surface area contributed by atoms with Crippen molar-refractivity contribution >= 4 is 22.6 Å². The third kappa shape index (κ3) is 4.50. The molecule has 174 valence electrons. The van der Waals surface area contributed by atoms with Gasteiger partial charge in [-0.3, -0.25) is 9.69 Å². The normalized spacial score (nSPS) is 18.1. The van der Waals surface area contributed by atoms with Gasteiger partial charge in [0.2, 0.25) is 5.91 Å². The van der Waals surface area contributed by atoms with Crippen molar-refractivity contribution < 1.29 is 13.9 Å². The molecule has 0 unspecified atom stereocenters. The maximum absolute atomic E-state index is 13.4. The van der Waals surface area contributed by atoms with Gasteiger partial charge in [0.05, 0.1) is 30.9 Å². The fourth-order valence-electron chi connectivity index (χ4n) is 4.89. The van der Waals surface area contributed by atoms with Crippen LogP contribution in [0.25, 0.3) is 11.0 Å². The zero-order valence-electron chi connectivity index (χ0n) is 18.9. The Labute approximate surface area is 192 Å². The number of piperazine rings is 1. The number of para-hydroxylation sites is 2. The number of benzene rings is 2. The number of hydrogen-bond acceptors (Lipinski definition) is 6. The summed E-state index contributed by atoms with van der Waals surface area (Å²) in [4.78, 5) is 19.4. The second-order valence-electron chi connectivity index (χ2n) is 8.71. The SMILES string of the molecule is COc1ccccc1N1CCN(C(=O)CN2CCC(n3nnc4cc(F)ccc43)CC2)CC1. The Hall–Kier alpha value is -3.20. The molecule has 0 saturated carbocycles. The number of aromatic nitrogens is 3. The Bertz CT molecular complexity index is 1120. The Morgan fingerprint density at radius 2 is 1.82 bits per heavy atom. The maximum Gasteiger partial charge on any atom is 0.236 e. The number of likely N-dealkylation sites (tertiary alicyclic amines) is 1. The second-order valence-corrected chi connectivity index (χ2v) is 8.71. The molecule has 2 saturated heterocycles. The number of amides is 1. The first-order chi connectivity index (χ1) is 16.1. The van der Waals surface area contributed by atoms with Crippen molar-refractivity contribution in [1.29, 1.82) is 0 Å². The van der Waals surface area contributed by atoms with E-state index in [1.165, 1.54) is 12.1 Å². The molecule has 0 aliphatic carbocycles. The Morgan fingerprint density at radius 1 is 1.06 bits per heavy atom. The quantitative estimate of drug-likeness (QED) is 0.593. The second kappa shape index (κ2) is 9.35. The number of rotatable bonds is 5. The molecule has 1 amide bonds. The molecule has 0 radical (unpaired) electrons. The van der Waals surface area contributed by atoms with Gasteiger partial charge in [-0.1, -0.05) is 17.3 Å². The van der Waals surface area contributed by atoms with Crippen LogP contribution in [-0.2, 0) is 4.79 Å². The molecule has 8 nitrogen and oxygen atoms in total. The lowest BCUT2D eigenvalue weighted by atomic mass is 10.0. The molecular formula is C24H29FN6O2. The molecule has 2 fully saturated rings. The van der Waals surface area contributed by atoms with Gasteiger partial charge in [-0.05, 0) is 37.1 Å². The summed E-state index contributed by atoms with van der Waals surface area (Å²) in [5.74, 6) is 0.756. The van der Waals surface area contributed by atoms with E-state index in [0.717, 1.165) is 69.1 Å². The third-order valence-corrected chi connectivity index (χ3v) is 6.75. The highest BCUT2D eigenvalue weighted by atomic mass is 19.1. The summed E-state index contributed by atoms with van der Waals surface area (Å²) < 4.78 is 20.8. The van der Waals surface area contributed by atoms with E-state index in [4.69, 9.17) is 4.74 Å². The zero-order chi connectivity index (χ0) is 22.8. The molecule has 2 aliphatic heterocycles. The maximum atomic E-state index is 13.4. The van der Waals surface area contributed by atoms with Crippen LogP contribution in [0.3, 0.4) is 0 Å². The van der Waals surface area contributed by atoms with E-state index in [2.05, 4.69) is 26.2 Å². The predicted octanol–water partition coefficient (Wildman–Crippen LogP) is 2.56. The van der Waals surface area contributed by atoms with Gasteiger partial charge >= 0.3 is 0 Å². The van der Waals surface area contributed by atoms with Gasteiger partial charge in [-0.2, -0.15) is 0 Å². The third-order valence-electron chi connectivity index (χ3n) is 6.75. The van der Waals surface area contributed by atoms with Crippen LogP contribution in [-0.4, -0.2) is 83.6 Å². The molecule has 0 atom stereocenters. The van der Waals surface area contributed by atoms with E-state index in [9.17, 15) is 9.18 Å². The van der Waals surface area contributed by atoms with Crippen molar-refractivity contribution in [2.24, 2.45) is 0 Å². The van der Waals surface area contributed by atoms with E-state index in [-0.39, 0.29) is 17.8 Å². The Balaban J connectivity index is 1.12. The van der Waals surface area contributed by atoms with Gasteiger partial charge in [0, 0.05) is 45.3 Å². The van der Waals surface area contributed by atoms with Crippen molar-refractivity contribution in [1.82, 2.24) is 24.8 Å². The van der Waals surface area contributed by atoms with E-state index in [1.54, 1.807) is 13.2 Å². The molecular weight excluding hydrogens is 423 g/mol. The Kier molecular flexibility index (Phi) is 6.13. The van der Waals surface area contributed by atoms with Crippen molar-refractivity contribution in [3.8, 4) is 5.75 Å². The molecule has 0 spiro atoms. The Morgan fingerprint density at radius 3 is 2.58 bits per heavy atom. The van der Waals surface area contributed by atoms with Gasteiger partial charge in [0.25, 0.3) is 0 Å². The van der Waals surface area contributed by atoms with Crippen LogP contribution < -0.4 is 9.64 Å². The number of carbonyl (C=O) groups excluding carboxylic acids is 1. The number of fused-ring (bicyclic) bond motifs is 1. The summed E-state index contributed by atoms with van der Waals surface area (Å²) in [5, 5.41) is 8.37. The number of anilines is 1. The first-order valence-corrected chi connectivity index (χ1v) is 11.5. The number of halogens is 1. The summed E-state index contributed by atoms with van der Waals surface area (Å²) >= 11 is 0. The molecule has 3 heterocycles. The lowest BCUT2D eigenvalue weighted by molar-refractivity contribution is -0.133. The summed E-state index contributed by atoms with van der Waals surface area (Å²) in [6.45, 7) is 5.15. The smallest absolute Gasteiger partial charge is 0.236 e. The molecule has 0 bridgehead atoms. The summed E-state index contributed by atoms with van der Waals surface area (Å²) in [7, 11) is 1.69. The molecule has 0 N–H and O–H groups in total. The average Bonchev–Trinajstić information content (AvgIpc) is 3.27. The highest BCUT2D eigenvalue weighted by Crippen LogP contribution is 2.29. The van der Waals surface area contributed by atoms with E-state index in [0.29, 0.717) is 12.1 Å². The minimum absolute atomic E-state index is 0.190. The van der Waals surface area contributed by atoms with E-state index < -0.39 is 0 Å². The van der Waals surface area contributed by atoms with E-state index in [1.807, 2.05) is 27.8 Å². The summed E-state index contributed by atoms with van der Waals surface area (Å²) in [6, 6.07) is 12.8. The minimum Gasteiger partial charge on any atom is -0.495 e. The van der Waals surface area contributed by atoms with Crippen LogP contribution >= 0.6 is 0 Å². The highest BCUT2D eigenvalue weighted by Gasteiger charge is 2.27. The molecule has 1 aromatic heterocycles. The molecule has 33 heavy (non-hydrogen) atoms. The number of piperidine rings is 1. The number of hydrogen-bond donors (Lipinski definition) is 0. The number of methoxy groups -OCH3 is 1. The van der Waals surface area contributed by atoms with Crippen LogP contribution in [0.5, 0.6) is 5.75 Å². The van der Waals surface area contributed by atoms with Crippen LogP contribution in [0.2, 0.25) is 0 Å². The lowest BCUT2D eigenvalue weighted by Crippen LogP contribution is -2.52. The van der Waals surface area contributed by atoms with Crippen molar-refractivity contribution in [2.75, 3.05) is 57.8 Å². The monoisotopic (exact) mass is 452 g/mol. The van der Waals surface area contributed by atoms with Gasteiger partial charge in [0.1, 0.15) is 17.1 Å². The lowest BCUT2D eigenvalue weighted by Gasteiger charge is -2.38. The van der Waals surface area contributed by atoms with Gasteiger partial charge in [0.15, 0.2) is 0 Å². The topological polar surface area (TPSA) is 66.7 Å². The summed E-state index contributed by atoms with van der Waals surface area (Å²) in [6.07, 6.45) is 1.79. The molecule has 5 rings (SSSR count). The van der Waals surface area contributed by atoms with Gasteiger partial charge in [-0.15, -0.1) is 5.10 Å². The van der Waals surface area contributed by atoms with Crippen LogP contribution in [0.4, 0.5) is 10.1 Å². The number of nitrogens with zero attached hydrogens (tertiary/aromatic N) is 6. The van der Waals surface area contributed by atoms with Crippen LogP contribution in [0.1, 0.15) is 18.9 Å². The first kappa shape index (κ1) is 21.6. The zero-order valence-corrected chi connectivity index (χ0v) is 18.9. The van der Waals surface area contributed by atoms with Crippen molar-refractivity contribution in [3.63, 3.8) is 0 Å². The largest absolute Gasteiger partial charge is 0.495 e. The first-order valence-electron chi connectivity index (χ1n) is 11.5. The molecule has 2 aromatic carbocycles. The summed E-state index contributed by atoms with van der Waals surface area (Å²) in [5.41, 5.74) is 2.52. The van der Waals surface area contributed by atoms with Gasteiger partial charge < -0.3 is 14.5 Å². The van der Waals surface area contributed by atoms with Crippen molar-refractivity contribution in [2.45, 2.75) is 18.9 Å². The fraction of sp³-hybridized carbons (Fsp3) is 0.458. The van der Waals surface area contributed by atoms with Gasteiger partial charge in [-0.25, -0.2) is 9.07 Å². The highest BCUT2D eigenvalue weighted by molar-refractivity contribution is 5.78. The average molecular weight is 453 g/mol. The number of ether oxygens (including phenoxy) is 1. The number of carbonyl (C=O) groups is 1. The van der Waals surface area contributed by atoms with E-state index >= 15 is 0 Å². The van der Waals surface area contributed by atoms with Crippen molar-refractivity contribution in [3.05, 3.63) is 48.3 Å². The standard InChI is InChI=1S/C24H29FN6O2/c1-33-23-5-3-2-4-22(23)29-12-14-30(15-13-29)24(32)17-28-10-8-19(9-11-28)31-21-7-6-18(25)16-20(21)26-27-31/h2-7,16,19H,8-15,17H2,1H3. The molecule has 9 heteroatoms. The minimum atomic E-state index is -0.299. The fourth-order valence-corrected chi connectivity index (χ4v) is 4.89. The molecule has 3 aromatic rings.